The summed E-state index contributed by atoms with van der Waals surface area (Å²) in [5.74, 6) is -2.03. The van der Waals surface area contributed by atoms with E-state index in [1.54, 1.807) is 27.6 Å². The van der Waals surface area contributed by atoms with Crippen LogP contribution >= 0.6 is 27.7 Å². The molecule has 1 N–H and O–H groups in total. The topological polar surface area (TPSA) is 87.2 Å². The van der Waals surface area contributed by atoms with Crippen LogP contribution in [0.1, 0.15) is 30.4 Å². The lowest BCUT2D eigenvalue weighted by molar-refractivity contribution is -0.153. The first-order chi connectivity index (χ1) is 17.7. The van der Waals surface area contributed by atoms with Gasteiger partial charge >= 0.3 is 5.97 Å². The van der Waals surface area contributed by atoms with Gasteiger partial charge in [0.15, 0.2) is 0 Å². The average molecular weight is 592 g/mol. The van der Waals surface area contributed by atoms with Crippen LogP contribution in [0.2, 0.25) is 0 Å². The molecule has 3 saturated heterocycles. The van der Waals surface area contributed by atoms with Crippen LogP contribution in [0.5, 0.6) is 0 Å². The van der Waals surface area contributed by atoms with Gasteiger partial charge < -0.3 is 19.6 Å². The van der Waals surface area contributed by atoms with E-state index in [-0.39, 0.29) is 35.1 Å². The number of aliphatic hydroxyl groups is 1. The summed E-state index contributed by atoms with van der Waals surface area (Å²) in [6.07, 6.45) is 4.91. The highest BCUT2D eigenvalue weighted by atomic mass is 79.9. The van der Waals surface area contributed by atoms with Gasteiger partial charge in [0.2, 0.25) is 5.91 Å². The van der Waals surface area contributed by atoms with Gasteiger partial charge in [0.25, 0.3) is 5.91 Å². The van der Waals surface area contributed by atoms with Gasteiger partial charge in [-0.2, -0.15) is 0 Å². The summed E-state index contributed by atoms with van der Waals surface area (Å²) in [5, 5.41) is 9.22. The first-order valence-corrected chi connectivity index (χ1v) is 14.5. The Morgan fingerprint density at radius 2 is 1.97 bits per heavy atom. The number of ether oxygens (including phenoxy) is 1. The predicted octanol–water partition coefficient (Wildman–Crippen LogP) is 3.79. The van der Waals surface area contributed by atoms with Crippen molar-refractivity contribution in [2.75, 3.05) is 31.2 Å². The van der Waals surface area contributed by atoms with Gasteiger partial charge in [0.1, 0.15) is 12.6 Å². The summed E-state index contributed by atoms with van der Waals surface area (Å²) in [7, 11) is 0. The maximum atomic E-state index is 14.6. The van der Waals surface area contributed by atoms with E-state index >= 15 is 0 Å². The standard InChI is InChI=1S/C28H35BrN2O5S/c1-5-12-30(22-17(3)10-9-11-18(22)4)26(34)24-28-16-19(29)23(37-28)20(27(35)36-15-6-2)21(28)25(33)31(24)13-7-8-14-32/h5-6,9-11,19-21,23-24,32H,1-2,7-8,12-16H2,3-4H3/t19?,20-,21+,23-,24?,28?/m1/s1. The van der Waals surface area contributed by atoms with Gasteiger partial charge in [0, 0.05) is 35.5 Å². The second-order valence-corrected chi connectivity index (χ2v) is 12.7. The lowest BCUT2D eigenvalue weighted by Gasteiger charge is -2.38. The van der Waals surface area contributed by atoms with E-state index in [1.165, 1.54) is 6.08 Å². The van der Waals surface area contributed by atoms with Crippen molar-refractivity contribution in [3.05, 3.63) is 54.6 Å². The molecule has 3 heterocycles. The number of unbranched alkanes of at least 4 members (excludes halogenated alkanes) is 1. The Hall–Kier alpha value is -2.10. The molecule has 37 heavy (non-hydrogen) atoms. The van der Waals surface area contributed by atoms with Crippen molar-refractivity contribution in [1.29, 1.82) is 0 Å². The number of carbonyl (C=O) groups excluding carboxylic acids is 3. The summed E-state index contributed by atoms with van der Waals surface area (Å²) in [6, 6.07) is 5.17. The molecule has 6 atom stereocenters. The smallest absolute Gasteiger partial charge is 0.311 e. The molecule has 0 aliphatic carbocycles. The monoisotopic (exact) mass is 590 g/mol. The van der Waals surface area contributed by atoms with Gasteiger partial charge in [-0.15, -0.1) is 18.3 Å². The molecule has 0 saturated carbocycles. The van der Waals surface area contributed by atoms with E-state index in [2.05, 4.69) is 29.1 Å². The number of thioether (sulfide) groups is 1. The van der Waals surface area contributed by atoms with E-state index in [1.807, 2.05) is 32.0 Å². The molecule has 0 aromatic heterocycles. The molecule has 3 fully saturated rings. The minimum absolute atomic E-state index is 0.0109. The highest BCUT2D eigenvalue weighted by Crippen LogP contribution is 2.68. The zero-order valence-electron chi connectivity index (χ0n) is 21.4. The molecule has 3 unspecified atom stereocenters. The third-order valence-electron chi connectivity index (χ3n) is 7.73. The van der Waals surface area contributed by atoms with Gasteiger partial charge in [0.05, 0.1) is 16.6 Å². The summed E-state index contributed by atoms with van der Waals surface area (Å²) < 4.78 is 4.69. The summed E-state index contributed by atoms with van der Waals surface area (Å²) >= 11 is 5.36. The number of fused-ring (bicyclic) bond motifs is 1. The number of hydrogen-bond acceptors (Lipinski definition) is 6. The number of carbonyl (C=O) groups is 3. The van der Waals surface area contributed by atoms with Crippen LogP contribution in [0.3, 0.4) is 0 Å². The number of aryl methyl sites for hydroxylation is 2. The van der Waals surface area contributed by atoms with E-state index in [0.29, 0.717) is 32.4 Å². The van der Waals surface area contributed by atoms with Crippen molar-refractivity contribution in [1.82, 2.24) is 4.90 Å². The molecular formula is C28H35BrN2O5S. The van der Waals surface area contributed by atoms with Crippen molar-refractivity contribution in [2.45, 2.75) is 54.0 Å². The number of likely N-dealkylation sites (tertiary alicyclic amines) is 1. The number of amides is 2. The number of hydrogen-bond donors (Lipinski definition) is 1. The van der Waals surface area contributed by atoms with Gasteiger partial charge in [-0.05, 0) is 44.2 Å². The van der Waals surface area contributed by atoms with Crippen LogP contribution in [-0.2, 0) is 19.1 Å². The maximum Gasteiger partial charge on any atom is 0.311 e. The zero-order chi connectivity index (χ0) is 26.9. The second-order valence-electron chi connectivity index (χ2n) is 10.0. The van der Waals surface area contributed by atoms with Crippen molar-refractivity contribution in [3.8, 4) is 0 Å². The van der Waals surface area contributed by atoms with Crippen molar-refractivity contribution >= 4 is 51.2 Å². The second kappa shape index (κ2) is 11.3. The van der Waals surface area contributed by atoms with Gasteiger partial charge in [-0.1, -0.05) is 52.9 Å². The zero-order valence-corrected chi connectivity index (χ0v) is 23.8. The Morgan fingerprint density at radius 3 is 2.59 bits per heavy atom. The molecule has 7 nitrogen and oxygen atoms in total. The fourth-order valence-corrected chi connectivity index (χ4v) is 9.94. The fourth-order valence-electron chi connectivity index (χ4n) is 6.35. The van der Waals surface area contributed by atoms with Gasteiger partial charge in [-0.3, -0.25) is 14.4 Å². The molecule has 3 aliphatic heterocycles. The van der Waals surface area contributed by atoms with Crippen LogP contribution in [-0.4, -0.2) is 75.0 Å². The first kappa shape index (κ1) is 27.9. The van der Waals surface area contributed by atoms with E-state index in [4.69, 9.17) is 4.74 Å². The average Bonchev–Trinajstić information content (AvgIpc) is 3.45. The number of aliphatic hydroxyl groups excluding tert-OH is 1. The largest absolute Gasteiger partial charge is 0.461 e. The molecule has 200 valence electrons. The number of nitrogens with zero attached hydrogens (tertiary/aromatic N) is 2. The number of anilines is 1. The van der Waals surface area contributed by atoms with Crippen molar-refractivity contribution < 1.29 is 24.2 Å². The van der Waals surface area contributed by atoms with Crippen molar-refractivity contribution in [3.63, 3.8) is 0 Å². The minimum Gasteiger partial charge on any atom is -0.461 e. The molecule has 2 amide bonds. The quantitative estimate of drug-likeness (QED) is 0.183. The summed E-state index contributed by atoms with van der Waals surface area (Å²) in [4.78, 5) is 45.2. The van der Waals surface area contributed by atoms with Crippen LogP contribution in [0.15, 0.2) is 43.5 Å². The third kappa shape index (κ3) is 4.68. The molecule has 2 bridgehead atoms. The summed E-state index contributed by atoms with van der Waals surface area (Å²) in [5.41, 5.74) is 2.76. The van der Waals surface area contributed by atoms with E-state index in [9.17, 15) is 19.5 Å². The number of halogens is 1. The number of alkyl halides is 1. The number of rotatable bonds is 11. The Labute approximate surface area is 231 Å². The lowest BCUT2D eigenvalue weighted by Crippen LogP contribution is -2.56. The number of benzene rings is 1. The Kier molecular flexibility index (Phi) is 8.55. The lowest BCUT2D eigenvalue weighted by atomic mass is 9.71. The molecule has 9 heteroatoms. The van der Waals surface area contributed by atoms with Crippen LogP contribution < -0.4 is 4.90 Å². The van der Waals surface area contributed by atoms with Crippen molar-refractivity contribution in [2.24, 2.45) is 11.8 Å². The Bertz CT molecular complexity index is 1080. The molecule has 1 spiro atoms. The predicted molar refractivity (Wildman–Crippen MR) is 150 cm³/mol. The number of para-hydroxylation sites is 1. The molecular weight excluding hydrogens is 556 g/mol. The third-order valence-corrected chi connectivity index (χ3v) is 11.0. The van der Waals surface area contributed by atoms with E-state index < -0.39 is 28.6 Å². The number of esters is 1. The molecule has 0 radical (unpaired) electrons. The maximum absolute atomic E-state index is 14.6. The van der Waals surface area contributed by atoms with Crippen LogP contribution in [0, 0.1) is 25.7 Å². The highest BCUT2D eigenvalue weighted by molar-refractivity contribution is 9.09. The van der Waals surface area contributed by atoms with Gasteiger partial charge in [-0.25, -0.2) is 0 Å². The normalized spacial score (nSPS) is 29.8. The first-order valence-electron chi connectivity index (χ1n) is 12.7. The molecule has 3 aliphatic rings. The van der Waals surface area contributed by atoms with E-state index in [0.717, 1.165) is 16.8 Å². The Balaban J connectivity index is 1.80. The highest BCUT2D eigenvalue weighted by Gasteiger charge is 2.76. The van der Waals surface area contributed by atoms with Crippen LogP contribution in [0.25, 0.3) is 0 Å². The molecule has 1 aromatic rings. The molecule has 4 rings (SSSR count). The SMILES string of the molecule is C=CCOC(=O)[C@H]1[C@@H]2SC3(CC2Br)C(C(=O)N(CC=C)c2c(C)cccc2C)N(CCCCO)C(=O)[C@H]13. The Morgan fingerprint density at radius 1 is 1.27 bits per heavy atom. The fraction of sp³-hybridized carbons (Fsp3) is 0.536. The van der Waals surface area contributed by atoms with Crippen LogP contribution in [0.4, 0.5) is 5.69 Å². The summed E-state index contributed by atoms with van der Waals surface area (Å²) in [6.45, 7) is 12.2. The minimum atomic E-state index is -0.750. The molecule has 1 aromatic carbocycles.